The Balaban J connectivity index is 1.32. The van der Waals surface area contributed by atoms with Gasteiger partial charge in [-0.05, 0) is 68.7 Å². The second kappa shape index (κ2) is 14.7. The number of nitrogens with one attached hydrogen (secondary N) is 1. The van der Waals surface area contributed by atoms with Crippen molar-refractivity contribution in [1.29, 1.82) is 0 Å². The minimum Gasteiger partial charge on any atom is -0.387 e. The fourth-order valence-corrected chi connectivity index (χ4v) is 6.68. The van der Waals surface area contributed by atoms with Crippen LogP contribution in [0.1, 0.15) is 55.7 Å². The number of nitrogens with zero attached hydrogens (tertiary/aromatic N) is 3. The third-order valence-corrected chi connectivity index (χ3v) is 9.64. The summed E-state index contributed by atoms with van der Waals surface area (Å²) in [6.07, 6.45) is 0.0445. The average molecular weight is 634 g/mol. The fraction of sp³-hybridized carbons (Fsp3) is 0.636. The van der Waals surface area contributed by atoms with Gasteiger partial charge in [0, 0.05) is 82.4 Å². The van der Waals surface area contributed by atoms with Crippen molar-refractivity contribution >= 4 is 11.7 Å². The fourth-order valence-electron chi connectivity index (χ4n) is 6.68. The molecule has 4 aliphatic rings. The van der Waals surface area contributed by atoms with Crippen molar-refractivity contribution in [2.75, 3.05) is 53.2 Å². The molecule has 0 saturated carbocycles. The number of rotatable bonds is 8. The number of hydrogen-bond donors (Lipinski definition) is 2. The summed E-state index contributed by atoms with van der Waals surface area (Å²) in [7, 11) is 1.71. The molecule has 45 heavy (non-hydrogen) atoms. The van der Waals surface area contributed by atoms with Crippen LogP contribution in [0.5, 0.6) is 0 Å². The van der Waals surface area contributed by atoms with E-state index in [0.29, 0.717) is 81.7 Å². The van der Waals surface area contributed by atoms with E-state index in [2.05, 4.69) is 11.9 Å². The molecule has 0 bridgehead atoms. The first-order valence-electron chi connectivity index (χ1n) is 16.0. The second-order valence-electron chi connectivity index (χ2n) is 12.5. The SMILES string of the molecule is C=C(/C(C)=C(\N=C(N)C1CCOCC1)C(=O)N1CCC(N[C@@H]2CCOC[C@@H]2OC)CC1)N1CCc2cc(C(F)(F)F)ccc2C1. The maximum Gasteiger partial charge on any atom is 0.416 e. The number of benzene rings is 1. The van der Waals surface area contributed by atoms with Crippen molar-refractivity contribution in [2.24, 2.45) is 16.6 Å². The van der Waals surface area contributed by atoms with E-state index in [9.17, 15) is 18.0 Å². The number of piperidine rings is 1. The zero-order valence-electron chi connectivity index (χ0n) is 26.3. The number of allylic oxidation sites excluding steroid dienone is 1. The molecule has 9 nitrogen and oxygen atoms in total. The molecule has 2 atom stereocenters. The van der Waals surface area contributed by atoms with E-state index in [1.54, 1.807) is 7.11 Å². The van der Waals surface area contributed by atoms with Crippen molar-refractivity contribution in [2.45, 2.75) is 76.4 Å². The van der Waals surface area contributed by atoms with Crippen LogP contribution in [0.15, 0.2) is 46.7 Å². The van der Waals surface area contributed by atoms with Crippen LogP contribution in [0.2, 0.25) is 0 Å². The predicted molar refractivity (Wildman–Crippen MR) is 165 cm³/mol. The van der Waals surface area contributed by atoms with Crippen LogP contribution in [0, 0.1) is 5.92 Å². The molecule has 3 saturated heterocycles. The summed E-state index contributed by atoms with van der Waals surface area (Å²) in [5.41, 5.74) is 8.90. The van der Waals surface area contributed by atoms with Crippen molar-refractivity contribution in [3.63, 3.8) is 0 Å². The van der Waals surface area contributed by atoms with Crippen molar-refractivity contribution in [3.05, 3.63) is 58.4 Å². The molecule has 5 rings (SSSR count). The van der Waals surface area contributed by atoms with Crippen LogP contribution < -0.4 is 11.1 Å². The van der Waals surface area contributed by atoms with Gasteiger partial charge >= 0.3 is 6.18 Å². The van der Waals surface area contributed by atoms with Gasteiger partial charge in [0.2, 0.25) is 0 Å². The highest BCUT2D eigenvalue weighted by molar-refractivity contribution is 5.98. The van der Waals surface area contributed by atoms with Crippen molar-refractivity contribution < 1.29 is 32.2 Å². The zero-order valence-corrected chi connectivity index (χ0v) is 26.3. The van der Waals surface area contributed by atoms with Crippen LogP contribution in [0.4, 0.5) is 13.2 Å². The van der Waals surface area contributed by atoms with E-state index in [1.807, 2.05) is 16.7 Å². The monoisotopic (exact) mass is 633 g/mol. The Labute approximate surface area is 263 Å². The molecule has 0 spiro atoms. The Bertz CT molecular complexity index is 1290. The number of amides is 1. The highest BCUT2D eigenvalue weighted by Crippen LogP contribution is 2.34. The lowest BCUT2D eigenvalue weighted by Gasteiger charge is -2.38. The summed E-state index contributed by atoms with van der Waals surface area (Å²) in [6, 6.07) is 4.38. The minimum absolute atomic E-state index is 0.0116. The lowest BCUT2D eigenvalue weighted by atomic mass is 9.95. The second-order valence-corrected chi connectivity index (χ2v) is 12.5. The van der Waals surface area contributed by atoms with E-state index in [-0.39, 0.29) is 35.7 Å². The van der Waals surface area contributed by atoms with E-state index in [0.717, 1.165) is 43.7 Å². The molecule has 0 aliphatic carbocycles. The third-order valence-electron chi connectivity index (χ3n) is 9.64. The lowest BCUT2D eigenvalue weighted by Crippen LogP contribution is -2.54. The van der Waals surface area contributed by atoms with Gasteiger partial charge in [0.1, 0.15) is 11.5 Å². The number of likely N-dealkylation sites (tertiary alicyclic amines) is 1. The molecular weight excluding hydrogens is 587 g/mol. The molecule has 1 aromatic carbocycles. The highest BCUT2D eigenvalue weighted by Gasteiger charge is 2.34. The molecular formula is C33H46F3N5O4. The van der Waals surface area contributed by atoms with Gasteiger partial charge in [-0.15, -0.1) is 0 Å². The molecule has 0 unspecified atom stereocenters. The summed E-state index contributed by atoms with van der Waals surface area (Å²) in [5.74, 6) is 0.254. The van der Waals surface area contributed by atoms with E-state index >= 15 is 0 Å². The van der Waals surface area contributed by atoms with Crippen LogP contribution in [0.3, 0.4) is 0 Å². The quantitative estimate of drug-likeness (QED) is 0.193. The van der Waals surface area contributed by atoms with E-state index < -0.39 is 11.7 Å². The Kier molecular flexibility index (Phi) is 10.9. The molecule has 4 heterocycles. The largest absolute Gasteiger partial charge is 0.416 e. The smallest absolute Gasteiger partial charge is 0.387 e. The first-order chi connectivity index (χ1) is 21.5. The Morgan fingerprint density at radius 1 is 1.04 bits per heavy atom. The molecule has 4 aliphatic heterocycles. The van der Waals surface area contributed by atoms with Crippen LogP contribution in [-0.2, 0) is 38.1 Å². The molecule has 3 fully saturated rings. The number of methoxy groups -OCH3 is 1. The summed E-state index contributed by atoms with van der Waals surface area (Å²) in [6.45, 7) is 10.7. The number of carbonyl (C=O) groups is 1. The topological polar surface area (TPSA) is 102 Å². The van der Waals surface area contributed by atoms with E-state index in [1.165, 1.54) is 12.1 Å². The number of halogens is 3. The van der Waals surface area contributed by atoms with Gasteiger partial charge in [-0.25, -0.2) is 4.99 Å². The van der Waals surface area contributed by atoms with Crippen molar-refractivity contribution in [1.82, 2.24) is 15.1 Å². The molecule has 3 N–H and O–H groups in total. The highest BCUT2D eigenvalue weighted by atomic mass is 19.4. The maximum absolute atomic E-state index is 14.1. The summed E-state index contributed by atoms with van der Waals surface area (Å²) < 4.78 is 56.5. The number of alkyl halides is 3. The molecule has 0 aromatic heterocycles. The van der Waals surface area contributed by atoms with Crippen LogP contribution in [-0.4, -0.2) is 92.9 Å². The van der Waals surface area contributed by atoms with Gasteiger partial charge in [0.05, 0.1) is 18.3 Å². The molecule has 1 amide bonds. The Morgan fingerprint density at radius 2 is 1.76 bits per heavy atom. The first kappa shape index (κ1) is 33.4. The number of ether oxygens (including phenoxy) is 3. The maximum atomic E-state index is 14.1. The normalized spacial score (nSPS) is 24.7. The Morgan fingerprint density at radius 3 is 2.44 bits per heavy atom. The van der Waals surface area contributed by atoms with Gasteiger partial charge in [0.25, 0.3) is 5.91 Å². The summed E-state index contributed by atoms with van der Waals surface area (Å²) >= 11 is 0. The molecule has 248 valence electrons. The van der Waals surface area contributed by atoms with Gasteiger partial charge in [-0.3, -0.25) is 4.79 Å². The first-order valence-corrected chi connectivity index (χ1v) is 16.0. The van der Waals surface area contributed by atoms with Gasteiger partial charge in [-0.1, -0.05) is 12.6 Å². The molecule has 0 radical (unpaired) electrons. The van der Waals surface area contributed by atoms with Gasteiger partial charge in [0.15, 0.2) is 0 Å². The van der Waals surface area contributed by atoms with Crippen LogP contribution in [0.25, 0.3) is 0 Å². The number of nitrogens with two attached hydrogens (primary N) is 1. The standard InChI is InChI=1S/C33H46F3N5O4/c1-21(22(2)41-12-6-24-18-26(33(34,35)36)5-4-25(24)19-41)30(39-31(37)23-9-15-44-16-10-23)32(42)40-13-7-27(8-14-40)38-28-11-17-45-20-29(28)43-3/h4-5,18,23,27-29,38H,2,6-17,19-20H2,1,3H3,(H2,37,39)/b30-21-/t28-,29+/m1/s1. The third kappa shape index (κ3) is 8.08. The number of hydrogen-bond acceptors (Lipinski definition) is 7. The number of aliphatic imine (C=N–C) groups is 1. The summed E-state index contributed by atoms with van der Waals surface area (Å²) in [4.78, 5) is 22.8. The van der Waals surface area contributed by atoms with Crippen molar-refractivity contribution in [3.8, 4) is 0 Å². The van der Waals surface area contributed by atoms with E-state index in [4.69, 9.17) is 24.9 Å². The van der Waals surface area contributed by atoms with Crippen LogP contribution >= 0.6 is 0 Å². The zero-order chi connectivity index (χ0) is 32.1. The molecule has 12 heteroatoms. The van der Waals surface area contributed by atoms with Gasteiger partial charge < -0.3 is 35.1 Å². The predicted octanol–water partition coefficient (Wildman–Crippen LogP) is 4.02. The lowest BCUT2D eigenvalue weighted by molar-refractivity contribution is -0.137. The Hall–Kier alpha value is -2.93. The number of amidine groups is 1. The summed E-state index contributed by atoms with van der Waals surface area (Å²) in [5, 5.41) is 3.73. The average Bonchev–Trinajstić information content (AvgIpc) is 3.06. The van der Waals surface area contributed by atoms with Gasteiger partial charge in [-0.2, -0.15) is 13.2 Å². The number of carbonyl (C=O) groups excluding carboxylic acids is 1. The molecule has 1 aromatic rings. The minimum atomic E-state index is -4.38. The number of fused-ring (bicyclic) bond motifs is 1.